The molecule has 0 bridgehead atoms. The molecular weight excluding hydrogens is 347 g/mol. The molecule has 28 heavy (non-hydrogen) atoms. The van der Waals surface area contributed by atoms with E-state index in [0.29, 0.717) is 11.5 Å². The van der Waals surface area contributed by atoms with Crippen molar-refractivity contribution < 1.29 is 4.39 Å². The second kappa shape index (κ2) is 7.35. The van der Waals surface area contributed by atoms with Gasteiger partial charge in [0.25, 0.3) is 0 Å². The van der Waals surface area contributed by atoms with E-state index in [9.17, 15) is 4.39 Å². The average Bonchev–Trinajstić information content (AvgIpc) is 2.59. The fourth-order valence-electron chi connectivity index (χ4n) is 4.41. The first kappa shape index (κ1) is 20.6. The summed E-state index contributed by atoms with van der Waals surface area (Å²) in [6, 6.07) is 11.9. The summed E-state index contributed by atoms with van der Waals surface area (Å²) in [5.41, 5.74) is 5.06. The molecular formula is C25H33FN2. The molecule has 0 aromatic heterocycles. The Morgan fingerprint density at radius 1 is 1.18 bits per heavy atom. The van der Waals surface area contributed by atoms with Gasteiger partial charge in [-0.25, -0.2) is 4.39 Å². The molecule has 2 aromatic rings. The topological polar surface area (TPSA) is 15.6 Å². The Hall–Kier alpha value is -2.16. The van der Waals surface area contributed by atoms with Crippen molar-refractivity contribution in [2.75, 3.05) is 11.4 Å². The molecule has 0 fully saturated rings. The summed E-state index contributed by atoms with van der Waals surface area (Å²) in [6.07, 6.45) is 2.72. The van der Waals surface area contributed by atoms with Crippen molar-refractivity contribution in [3.05, 3.63) is 58.9 Å². The Morgan fingerprint density at radius 3 is 2.39 bits per heavy atom. The number of fused-ring (bicyclic) bond motifs is 1. The third kappa shape index (κ3) is 3.99. The summed E-state index contributed by atoms with van der Waals surface area (Å²) in [5.74, 6) is 0.184. The molecule has 0 spiro atoms. The van der Waals surface area contributed by atoms with E-state index >= 15 is 0 Å². The summed E-state index contributed by atoms with van der Waals surface area (Å²) in [6.45, 7) is 16.3. The molecule has 1 atom stereocenters. The Bertz CT molecular complexity index is 873. The molecule has 150 valence electrons. The largest absolute Gasteiger partial charge is 0.366 e. The summed E-state index contributed by atoms with van der Waals surface area (Å²) in [7, 11) is 0. The second-order valence-corrected chi connectivity index (χ2v) is 9.65. The van der Waals surface area contributed by atoms with Gasteiger partial charge in [0.05, 0.1) is 5.69 Å². The highest BCUT2D eigenvalue weighted by Gasteiger charge is 2.36. The van der Waals surface area contributed by atoms with E-state index in [1.165, 1.54) is 11.1 Å². The zero-order valence-corrected chi connectivity index (χ0v) is 18.3. The minimum Gasteiger partial charge on any atom is -0.366 e. The van der Waals surface area contributed by atoms with Crippen molar-refractivity contribution >= 4 is 17.6 Å². The maximum atomic E-state index is 14.9. The SMILES string of the molecule is CCN1c2cc(F)c(C=Nc3ccc(C(C)(C)C)cc3)cc2C(C)CC1(C)C. The molecule has 0 amide bonds. The maximum Gasteiger partial charge on any atom is 0.134 e. The number of nitrogens with zero attached hydrogens (tertiary/aromatic N) is 2. The van der Waals surface area contributed by atoms with Crippen LogP contribution in [0.2, 0.25) is 0 Å². The van der Waals surface area contributed by atoms with Crippen LogP contribution in [0.5, 0.6) is 0 Å². The van der Waals surface area contributed by atoms with Crippen LogP contribution in [0.1, 0.15) is 77.5 Å². The number of aliphatic imine (C=N–C) groups is 1. The fraction of sp³-hybridized carbons (Fsp3) is 0.480. The van der Waals surface area contributed by atoms with Crippen LogP contribution < -0.4 is 4.90 Å². The van der Waals surface area contributed by atoms with Gasteiger partial charge in [-0.2, -0.15) is 0 Å². The van der Waals surface area contributed by atoms with Crippen molar-refractivity contribution in [2.45, 2.75) is 71.8 Å². The van der Waals surface area contributed by atoms with Gasteiger partial charge in [0.2, 0.25) is 0 Å². The van der Waals surface area contributed by atoms with E-state index in [1.807, 2.05) is 18.2 Å². The predicted molar refractivity (Wildman–Crippen MR) is 119 cm³/mol. The van der Waals surface area contributed by atoms with Crippen molar-refractivity contribution in [3.8, 4) is 0 Å². The minimum absolute atomic E-state index is 0.0397. The van der Waals surface area contributed by atoms with Gasteiger partial charge in [-0.15, -0.1) is 0 Å². The minimum atomic E-state index is -0.211. The summed E-state index contributed by atoms with van der Waals surface area (Å²) < 4.78 is 14.9. The summed E-state index contributed by atoms with van der Waals surface area (Å²) in [4.78, 5) is 6.84. The molecule has 0 aliphatic carbocycles. The van der Waals surface area contributed by atoms with Crippen LogP contribution in [0.25, 0.3) is 0 Å². The normalized spacial score (nSPS) is 19.1. The van der Waals surface area contributed by atoms with Gasteiger partial charge in [-0.3, -0.25) is 4.99 Å². The first-order valence-electron chi connectivity index (χ1n) is 10.3. The number of halogens is 1. The number of hydrogen-bond donors (Lipinski definition) is 0. The number of anilines is 1. The van der Waals surface area contributed by atoms with Gasteiger partial charge < -0.3 is 4.90 Å². The molecule has 1 unspecified atom stereocenters. The van der Waals surface area contributed by atoms with Crippen molar-refractivity contribution in [2.24, 2.45) is 4.99 Å². The molecule has 3 rings (SSSR count). The van der Waals surface area contributed by atoms with Crippen molar-refractivity contribution in [1.29, 1.82) is 0 Å². The van der Waals surface area contributed by atoms with Crippen LogP contribution in [0.15, 0.2) is 41.4 Å². The highest BCUT2D eigenvalue weighted by atomic mass is 19.1. The molecule has 0 radical (unpaired) electrons. The Kier molecular flexibility index (Phi) is 5.40. The second-order valence-electron chi connectivity index (χ2n) is 9.65. The Balaban J connectivity index is 1.92. The molecule has 2 aromatic carbocycles. The van der Waals surface area contributed by atoms with E-state index < -0.39 is 0 Å². The average molecular weight is 381 g/mol. The smallest absolute Gasteiger partial charge is 0.134 e. The Labute approximate surface area is 169 Å². The quantitative estimate of drug-likeness (QED) is 0.524. The fourth-order valence-corrected chi connectivity index (χ4v) is 4.41. The lowest BCUT2D eigenvalue weighted by Gasteiger charge is -2.47. The predicted octanol–water partition coefficient (Wildman–Crippen LogP) is 6.99. The summed E-state index contributed by atoms with van der Waals surface area (Å²) in [5, 5.41) is 0. The van der Waals surface area contributed by atoms with Crippen LogP contribution in [-0.2, 0) is 5.41 Å². The molecule has 0 saturated heterocycles. The molecule has 0 saturated carbocycles. The van der Waals surface area contributed by atoms with Crippen LogP contribution >= 0.6 is 0 Å². The van der Waals surface area contributed by atoms with E-state index in [-0.39, 0.29) is 16.8 Å². The molecule has 1 aliphatic rings. The molecule has 3 heteroatoms. The van der Waals surface area contributed by atoms with Crippen molar-refractivity contribution in [3.63, 3.8) is 0 Å². The zero-order valence-electron chi connectivity index (χ0n) is 18.3. The highest BCUT2D eigenvalue weighted by Crippen LogP contribution is 2.43. The lowest BCUT2D eigenvalue weighted by molar-refractivity contribution is 0.380. The number of benzene rings is 2. The first-order chi connectivity index (χ1) is 13.0. The van der Waals surface area contributed by atoms with E-state index in [0.717, 1.165) is 24.3 Å². The van der Waals surface area contributed by atoms with Crippen LogP contribution in [-0.4, -0.2) is 18.3 Å². The standard InChI is InChI=1S/C25H33FN2/c1-8-28-23-14-22(26)18(13-21(23)17(2)15-25(28,6)7)16-27-20-11-9-19(10-12-20)24(3,4)5/h9-14,16-17H,8,15H2,1-7H3. The van der Waals surface area contributed by atoms with E-state index in [1.54, 1.807) is 12.3 Å². The van der Waals surface area contributed by atoms with Gasteiger partial charge >= 0.3 is 0 Å². The van der Waals surface area contributed by atoms with Crippen molar-refractivity contribution in [1.82, 2.24) is 0 Å². The monoisotopic (exact) mass is 380 g/mol. The summed E-state index contributed by atoms with van der Waals surface area (Å²) >= 11 is 0. The first-order valence-corrected chi connectivity index (χ1v) is 10.3. The molecule has 0 N–H and O–H groups in total. The third-order valence-corrected chi connectivity index (χ3v) is 5.91. The molecule has 1 heterocycles. The van der Waals surface area contributed by atoms with Gasteiger partial charge in [-0.05, 0) is 73.9 Å². The number of rotatable bonds is 3. The van der Waals surface area contributed by atoms with Gasteiger partial charge in [-0.1, -0.05) is 39.8 Å². The van der Waals surface area contributed by atoms with Crippen LogP contribution in [0.3, 0.4) is 0 Å². The Morgan fingerprint density at radius 2 is 1.82 bits per heavy atom. The zero-order chi connectivity index (χ0) is 20.7. The highest BCUT2D eigenvalue weighted by molar-refractivity contribution is 5.84. The number of hydrogen-bond acceptors (Lipinski definition) is 2. The van der Waals surface area contributed by atoms with Crippen LogP contribution in [0, 0.1) is 5.82 Å². The van der Waals surface area contributed by atoms with Crippen LogP contribution in [0.4, 0.5) is 15.8 Å². The third-order valence-electron chi connectivity index (χ3n) is 5.91. The molecule has 1 aliphatic heterocycles. The van der Waals surface area contributed by atoms with Gasteiger partial charge in [0.1, 0.15) is 5.82 Å². The van der Waals surface area contributed by atoms with Gasteiger partial charge in [0, 0.05) is 29.5 Å². The lowest BCUT2D eigenvalue weighted by Crippen LogP contribution is -2.48. The lowest BCUT2D eigenvalue weighted by atomic mass is 9.79. The van der Waals surface area contributed by atoms with E-state index in [4.69, 9.17) is 0 Å². The molecule has 2 nitrogen and oxygen atoms in total. The van der Waals surface area contributed by atoms with Gasteiger partial charge in [0.15, 0.2) is 0 Å². The van der Waals surface area contributed by atoms with E-state index in [2.05, 4.69) is 70.5 Å². The maximum absolute atomic E-state index is 14.9.